The van der Waals surface area contributed by atoms with Crippen LogP contribution in [-0.2, 0) is 22.7 Å². The Morgan fingerprint density at radius 1 is 1.02 bits per heavy atom. The molecule has 2 aliphatic rings. The molecule has 0 atom stereocenters. The molecule has 3 aromatic rings. The molecule has 0 bridgehead atoms. The zero-order valence-electron chi connectivity index (χ0n) is 23.4. The Kier molecular flexibility index (Phi) is 8.65. The Hall–Kier alpha value is -3.91. The van der Waals surface area contributed by atoms with Gasteiger partial charge in [0.15, 0.2) is 11.5 Å². The minimum absolute atomic E-state index is 0.0397. The fourth-order valence-electron chi connectivity index (χ4n) is 5.19. The molecule has 210 valence electrons. The fourth-order valence-corrected chi connectivity index (χ4v) is 5.19. The Labute approximate surface area is 236 Å². The van der Waals surface area contributed by atoms with Crippen molar-refractivity contribution >= 4 is 17.5 Å². The number of nitrogens with one attached hydrogen (secondary N) is 1. The van der Waals surface area contributed by atoms with Gasteiger partial charge < -0.3 is 19.7 Å². The summed E-state index contributed by atoms with van der Waals surface area (Å²) in [5.74, 6) is 1.94. The Balaban J connectivity index is 1.28. The van der Waals surface area contributed by atoms with Gasteiger partial charge in [0.1, 0.15) is 0 Å². The summed E-state index contributed by atoms with van der Waals surface area (Å²) in [6, 6.07) is 19.4. The zero-order valence-corrected chi connectivity index (χ0v) is 23.4. The topological polar surface area (TPSA) is 84.0 Å². The first kappa shape index (κ1) is 27.6. The van der Waals surface area contributed by atoms with E-state index in [1.807, 2.05) is 65.6 Å². The van der Waals surface area contributed by atoms with Gasteiger partial charge in [-0.15, -0.1) is 0 Å². The first-order chi connectivity index (χ1) is 19.4. The van der Waals surface area contributed by atoms with Gasteiger partial charge in [-0.1, -0.05) is 44.2 Å². The van der Waals surface area contributed by atoms with Crippen molar-refractivity contribution < 1.29 is 19.1 Å². The maximum absolute atomic E-state index is 13.1. The van der Waals surface area contributed by atoms with Gasteiger partial charge in [0.2, 0.25) is 17.7 Å². The molecule has 2 aliphatic heterocycles. The minimum Gasteiger partial charge on any atom is -0.489 e. The monoisotopic (exact) mass is 542 g/mol. The van der Waals surface area contributed by atoms with Gasteiger partial charge in [-0.2, -0.15) is 0 Å². The number of benzene rings is 2. The number of carbonyl (C=O) groups excluding carboxylic acids is 2. The van der Waals surface area contributed by atoms with Crippen LogP contribution in [0.5, 0.6) is 17.4 Å². The van der Waals surface area contributed by atoms with E-state index in [0.717, 1.165) is 49.2 Å². The van der Waals surface area contributed by atoms with Crippen LogP contribution >= 0.6 is 0 Å². The van der Waals surface area contributed by atoms with Crippen LogP contribution in [0.15, 0.2) is 66.9 Å². The molecule has 40 heavy (non-hydrogen) atoms. The minimum atomic E-state index is -0.0498. The standard InChI is InChI=1S/C32H38N4O4/c1-32(2)15-8-17-35(21-25-10-6-16-33-31(25)40-28-13-4-3-12-27(28)39-23-32)22-29(37)34-20-24-9-5-11-26(19-24)36-18-7-14-30(36)38/h3-6,9-13,16,19H,7-8,14-15,17-18,20-23H2,1-2H3,(H,34,37). The van der Waals surface area contributed by atoms with E-state index in [-0.39, 0.29) is 23.8 Å². The molecule has 5 rings (SSSR count). The van der Waals surface area contributed by atoms with Gasteiger partial charge in [-0.05, 0) is 67.1 Å². The van der Waals surface area contributed by atoms with E-state index < -0.39 is 0 Å². The molecule has 0 spiro atoms. The van der Waals surface area contributed by atoms with Crippen molar-refractivity contribution in [1.82, 2.24) is 15.2 Å². The summed E-state index contributed by atoms with van der Waals surface area (Å²) < 4.78 is 12.4. The van der Waals surface area contributed by atoms with E-state index in [1.54, 1.807) is 6.20 Å². The molecule has 2 amide bonds. The smallest absolute Gasteiger partial charge is 0.234 e. The third kappa shape index (κ3) is 7.18. The van der Waals surface area contributed by atoms with E-state index in [9.17, 15) is 9.59 Å². The molecule has 3 heterocycles. The van der Waals surface area contributed by atoms with Crippen molar-refractivity contribution in [3.05, 3.63) is 78.0 Å². The number of ether oxygens (including phenoxy) is 2. The Bertz CT molecular complexity index is 1340. The third-order valence-corrected chi connectivity index (χ3v) is 7.40. The molecule has 1 N–H and O–H groups in total. The Morgan fingerprint density at radius 3 is 2.70 bits per heavy atom. The van der Waals surface area contributed by atoms with Crippen molar-refractivity contribution in [2.75, 3.05) is 31.1 Å². The second-order valence-corrected chi connectivity index (χ2v) is 11.4. The van der Waals surface area contributed by atoms with E-state index in [4.69, 9.17) is 9.47 Å². The van der Waals surface area contributed by atoms with Gasteiger partial charge in [0.25, 0.3) is 0 Å². The van der Waals surface area contributed by atoms with Crippen molar-refractivity contribution in [3.8, 4) is 17.4 Å². The summed E-state index contributed by atoms with van der Waals surface area (Å²) >= 11 is 0. The average molecular weight is 543 g/mol. The third-order valence-electron chi connectivity index (χ3n) is 7.40. The van der Waals surface area contributed by atoms with Crippen LogP contribution in [0.1, 0.15) is 50.7 Å². The van der Waals surface area contributed by atoms with Crippen LogP contribution in [-0.4, -0.2) is 47.9 Å². The lowest BCUT2D eigenvalue weighted by Crippen LogP contribution is -2.37. The summed E-state index contributed by atoms with van der Waals surface area (Å²) in [6.07, 6.45) is 5.07. The SMILES string of the molecule is CC1(C)CCCN(CC(=O)NCc2cccc(N3CCCC3=O)c2)Cc2cccnc2Oc2ccccc2OC1. The number of carbonyl (C=O) groups is 2. The molecule has 2 aromatic carbocycles. The van der Waals surface area contributed by atoms with E-state index in [0.29, 0.717) is 43.5 Å². The molecule has 0 radical (unpaired) electrons. The normalized spacial score (nSPS) is 17.8. The lowest BCUT2D eigenvalue weighted by Gasteiger charge is -2.27. The highest BCUT2D eigenvalue weighted by Crippen LogP contribution is 2.34. The van der Waals surface area contributed by atoms with Crippen molar-refractivity contribution in [1.29, 1.82) is 0 Å². The van der Waals surface area contributed by atoms with Gasteiger partial charge >= 0.3 is 0 Å². The molecule has 8 heteroatoms. The summed E-state index contributed by atoms with van der Waals surface area (Å²) in [5, 5.41) is 3.07. The van der Waals surface area contributed by atoms with Gasteiger partial charge in [-0.25, -0.2) is 4.98 Å². The summed E-state index contributed by atoms with van der Waals surface area (Å²) in [6.45, 7) is 7.66. The van der Waals surface area contributed by atoms with E-state index in [1.165, 1.54) is 0 Å². The summed E-state index contributed by atoms with van der Waals surface area (Å²) in [5.41, 5.74) is 2.73. The number of anilines is 1. The first-order valence-electron chi connectivity index (χ1n) is 14.1. The predicted molar refractivity (Wildman–Crippen MR) is 154 cm³/mol. The highest BCUT2D eigenvalue weighted by Gasteiger charge is 2.24. The second-order valence-electron chi connectivity index (χ2n) is 11.4. The maximum atomic E-state index is 13.1. The number of amides is 2. The molecule has 0 saturated carbocycles. The number of hydrogen-bond donors (Lipinski definition) is 1. The van der Waals surface area contributed by atoms with Crippen molar-refractivity contribution in [2.45, 2.75) is 52.6 Å². The molecule has 0 unspecified atom stereocenters. The first-order valence-corrected chi connectivity index (χ1v) is 14.1. The zero-order chi connectivity index (χ0) is 28.0. The molecular weight excluding hydrogens is 504 g/mol. The number of para-hydroxylation sites is 2. The quantitative estimate of drug-likeness (QED) is 0.470. The number of pyridine rings is 1. The van der Waals surface area contributed by atoms with Gasteiger partial charge in [0, 0.05) is 43.5 Å². The van der Waals surface area contributed by atoms with Crippen LogP contribution in [0.25, 0.3) is 0 Å². The Morgan fingerprint density at radius 2 is 1.88 bits per heavy atom. The van der Waals surface area contributed by atoms with Crippen molar-refractivity contribution in [2.24, 2.45) is 5.41 Å². The number of rotatable bonds is 5. The lowest BCUT2D eigenvalue weighted by molar-refractivity contribution is -0.122. The largest absolute Gasteiger partial charge is 0.489 e. The molecule has 8 nitrogen and oxygen atoms in total. The molecule has 0 aliphatic carbocycles. The molecule has 1 aromatic heterocycles. The van der Waals surface area contributed by atoms with Crippen LogP contribution in [0, 0.1) is 5.41 Å². The van der Waals surface area contributed by atoms with Gasteiger partial charge in [0.05, 0.1) is 13.2 Å². The summed E-state index contributed by atoms with van der Waals surface area (Å²) in [7, 11) is 0. The number of fused-ring (bicyclic) bond motifs is 2. The van der Waals surface area contributed by atoms with Crippen molar-refractivity contribution in [3.63, 3.8) is 0 Å². The molecule has 1 saturated heterocycles. The number of aromatic nitrogens is 1. The average Bonchev–Trinajstić information content (AvgIpc) is 3.38. The highest BCUT2D eigenvalue weighted by molar-refractivity contribution is 5.95. The summed E-state index contributed by atoms with van der Waals surface area (Å²) in [4.78, 5) is 33.8. The second kappa shape index (κ2) is 12.5. The maximum Gasteiger partial charge on any atom is 0.234 e. The van der Waals surface area contributed by atoms with E-state index in [2.05, 4.69) is 29.0 Å². The highest BCUT2D eigenvalue weighted by atomic mass is 16.5. The number of nitrogens with zero attached hydrogens (tertiary/aromatic N) is 3. The van der Waals surface area contributed by atoms with Crippen LogP contribution in [0.3, 0.4) is 0 Å². The number of hydrogen-bond acceptors (Lipinski definition) is 6. The van der Waals surface area contributed by atoms with E-state index >= 15 is 0 Å². The predicted octanol–water partition coefficient (Wildman–Crippen LogP) is 5.32. The fraction of sp³-hybridized carbons (Fsp3) is 0.406. The van der Waals surface area contributed by atoms with Crippen LogP contribution < -0.4 is 19.7 Å². The molecular formula is C32H38N4O4. The van der Waals surface area contributed by atoms with Crippen LogP contribution in [0.2, 0.25) is 0 Å². The van der Waals surface area contributed by atoms with Gasteiger partial charge in [-0.3, -0.25) is 14.5 Å². The molecule has 1 fully saturated rings. The van der Waals surface area contributed by atoms with Crippen LogP contribution in [0.4, 0.5) is 5.69 Å². The lowest BCUT2D eigenvalue weighted by atomic mass is 9.88.